The van der Waals surface area contributed by atoms with E-state index in [9.17, 15) is 9.59 Å². The van der Waals surface area contributed by atoms with E-state index in [4.69, 9.17) is 29.3 Å². The topological polar surface area (TPSA) is 114 Å². The van der Waals surface area contributed by atoms with E-state index in [0.29, 0.717) is 23.0 Å². The zero-order valence-corrected chi connectivity index (χ0v) is 39.2. The smallest absolute Gasteiger partial charge is 0.308 e. The van der Waals surface area contributed by atoms with E-state index in [0.717, 1.165) is 147 Å². The largest absolute Gasteiger partial charge is 0.490 e. The second-order valence-electron chi connectivity index (χ2n) is 21.2. The molecular weight excluding hydrogens is 789 g/mol. The minimum atomic E-state index is -0.663. The van der Waals surface area contributed by atoms with Gasteiger partial charge in [0.1, 0.15) is 11.5 Å². The summed E-state index contributed by atoms with van der Waals surface area (Å²) in [5.74, 6) is 2.60. The number of ether oxygens (including phenoxy) is 3. The van der Waals surface area contributed by atoms with E-state index in [-0.39, 0.29) is 17.8 Å². The lowest BCUT2D eigenvalue weighted by Crippen LogP contribution is -2.36. The summed E-state index contributed by atoms with van der Waals surface area (Å²) in [6.07, 6.45) is 13.4. The highest BCUT2D eigenvalue weighted by Crippen LogP contribution is 2.40. The van der Waals surface area contributed by atoms with Crippen LogP contribution in [-0.4, -0.2) is 82.3 Å². The third kappa shape index (κ3) is 12.9. The van der Waals surface area contributed by atoms with Crippen LogP contribution in [-0.2, 0) is 27.4 Å². The number of methoxy groups -OCH3 is 1. The number of fused-ring (bicyclic) bond motifs is 2. The van der Waals surface area contributed by atoms with Crippen LogP contribution < -0.4 is 9.47 Å². The van der Waals surface area contributed by atoms with Gasteiger partial charge in [-0.1, -0.05) is 53.7 Å². The van der Waals surface area contributed by atoms with Crippen LogP contribution in [0.15, 0.2) is 60.7 Å². The molecule has 2 aliphatic heterocycles. The van der Waals surface area contributed by atoms with Crippen LogP contribution in [0.3, 0.4) is 0 Å². The van der Waals surface area contributed by atoms with Crippen molar-refractivity contribution in [3.8, 4) is 11.5 Å². The van der Waals surface area contributed by atoms with E-state index in [1.165, 1.54) is 32.8 Å². The van der Waals surface area contributed by atoms with Gasteiger partial charge in [-0.2, -0.15) is 0 Å². The van der Waals surface area contributed by atoms with Crippen molar-refractivity contribution < 1.29 is 28.9 Å². The monoisotopic (exact) mass is 863 g/mol. The van der Waals surface area contributed by atoms with Crippen LogP contribution in [0.5, 0.6) is 11.5 Å². The van der Waals surface area contributed by atoms with Crippen molar-refractivity contribution in [2.45, 2.75) is 144 Å². The van der Waals surface area contributed by atoms with Gasteiger partial charge in [0, 0.05) is 23.9 Å². The molecule has 8 rings (SSSR count). The van der Waals surface area contributed by atoms with Crippen molar-refractivity contribution >= 4 is 33.7 Å². The molecule has 342 valence electrons. The van der Waals surface area contributed by atoms with Crippen molar-refractivity contribution in [1.29, 1.82) is 0 Å². The Morgan fingerprint density at radius 2 is 0.968 bits per heavy atom. The molecule has 2 aromatic carbocycles. The molecule has 2 saturated heterocycles. The van der Waals surface area contributed by atoms with Crippen LogP contribution in [0.4, 0.5) is 0 Å². The molecule has 0 atom stereocenters. The minimum absolute atomic E-state index is 0.0442. The molecule has 4 heterocycles. The Hall–Kier alpha value is -4.28. The van der Waals surface area contributed by atoms with Crippen LogP contribution in [0.1, 0.15) is 130 Å². The fourth-order valence-corrected chi connectivity index (χ4v) is 10.4. The lowest BCUT2D eigenvalue weighted by atomic mass is 9.72. The van der Waals surface area contributed by atoms with Crippen molar-refractivity contribution in [2.75, 3.05) is 33.3 Å². The maximum Gasteiger partial charge on any atom is 0.308 e. The summed E-state index contributed by atoms with van der Waals surface area (Å²) in [5, 5.41) is 11.4. The second kappa shape index (κ2) is 20.7. The number of piperidine rings is 2. The minimum Gasteiger partial charge on any atom is -0.490 e. The number of carbonyl (C=O) groups is 2. The van der Waals surface area contributed by atoms with Gasteiger partial charge in [0.15, 0.2) is 0 Å². The summed E-state index contributed by atoms with van der Waals surface area (Å²) in [4.78, 5) is 37.2. The number of aromatic nitrogens is 2. The van der Waals surface area contributed by atoms with Gasteiger partial charge in [-0.3, -0.25) is 29.4 Å². The fourth-order valence-electron chi connectivity index (χ4n) is 10.4. The molecule has 0 amide bonds. The number of esters is 1. The van der Waals surface area contributed by atoms with Crippen LogP contribution in [0.2, 0.25) is 0 Å². The number of carbonyl (C=O) groups excluding carboxylic acids is 1. The molecule has 2 aliphatic carbocycles. The average molecular weight is 863 g/mol. The lowest BCUT2D eigenvalue weighted by Gasteiger charge is -2.37. The lowest BCUT2D eigenvalue weighted by molar-refractivity contribution is -0.147. The molecule has 4 aliphatic rings. The van der Waals surface area contributed by atoms with Gasteiger partial charge in [-0.15, -0.1) is 0 Å². The molecule has 1 N–H and O–H groups in total. The predicted molar refractivity (Wildman–Crippen MR) is 251 cm³/mol. The van der Waals surface area contributed by atoms with E-state index >= 15 is 0 Å². The van der Waals surface area contributed by atoms with E-state index < -0.39 is 5.97 Å². The van der Waals surface area contributed by atoms with Gasteiger partial charge in [0.2, 0.25) is 0 Å². The SMILES string of the molecule is CC(C)(C)C1CCC(Oc2ccc3nc(CN4CCC(C(=O)O)CC4)ccc3c2)CC1.COC(=O)C1CCN(Cc2ccc3cc(OC4CCC(C(C)(C)C)CC4)ccc3n2)CC1. The number of pyridine rings is 2. The summed E-state index contributed by atoms with van der Waals surface area (Å²) in [6, 6.07) is 21.0. The van der Waals surface area contributed by atoms with Crippen LogP contribution in [0, 0.1) is 34.5 Å². The molecule has 0 spiro atoms. The Kier molecular flexibility index (Phi) is 15.3. The van der Waals surface area contributed by atoms with Gasteiger partial charge in [-0.25, -0.2) is 0 Å². The van der Waals surface area contributed by atoms with Gasteiger partial charge in [-0.05, 0) is 174 Å². The Morgan fingerprint density at radius 3 is 1.33 bits per heavy atom. The second-order valence-corrected chi connectivity index (χ2v) is 21.2. The fraction of sp³-hybridized carbons (Fsp3) is 0.623. The van der Waals surface area contributed by atoms with Crippen molar-refractivity contribution in [1.82, 2.24) is 19.8 Å². The number of hydrogen-bond acceptors (Lipinski definition) is 9. The van der Waals surface area contributed by atoms with Crippen LogP contribution >= 0.6 is 0 Å². The Bertz CT molecular complexity index is 2130. The van der Waals surface area contributed by atoms with Crippen molar-refractivity contribution in [2.24, 2.45) is 34.5 Å². The normalized spacial score (nSPS) is 23.5. The average Bonchev–Trinajstić information content (AvgIpc) is 3.26. The number of aliphatic carboxylic acids is 1. The number of carboxylic acids is 1. The molecule has 63 heavy (non-hydrogen) atoms. The molecule has 4 aromatic rings. The highest BCUT2D eigenvalue weighted by atomic mass is 16.5. The molecule has 10 nitrogen and oxygen atoms in total. The zero-order chi connectivity index (χ0) is 44.7. The summed E-state index contributed by atoms with van der Waals surface area (Å²) >= 11 is 0. The number of carboxylic acid groups (broad SMARTS) is 1. The molecular formula is C53H74N4O6. The van der Waals surface area contributed by atoms with E-state index in [2.05, 4.69) is 106 Å². The predicted octanol–water partition coefficient (Wildman–Crippen LogP) is 11.1. The third-order valence-electron chi connectivity index (χ3n) is 14.7. The summed E-state index contributed by atoms with van der Waals surface area (Å²) < 4.78 is 17.5. The first-order valence-corrected chi connectivity index (χ1v) is 24.0. The third-order valence-corrected chi connectivity index (χ3v) is 14.7. The Labute approximate surface area is 376 Å². The maximum absolute atomic E-state index is 11.7. The Morgan fingerprint density at radius 1 is 0.571 bits per heavy atom. The van der Waals surface area contributed by atoms with E-state index in [1.54, 1.807) is 0 Å². The highest BCUT2D eigenvalue weighted by molar-refractivity contribution is 5.81. The molecule has 2 saturated carbocycles. The summed E-state index contributed by atoms with van der Waals surface area (Å²) in [6.45, 7) is 19.2. The molecule has 10 heteroatoms. The molecule has 0 radical (unpaired) electrons. The van der Waals surface area contributed by atoms with Gasteiger partial charge in [0.25, 0.3) is 0 Å². The maximum atomic E-state index is 11.7. The number of hydrogen-bond donors (Lipinski definition) is 1. The first-order valence-electron chi connectivity index (χ1n) is 24.0. The van der Waals surface area contributed by atoms with Crippen LogP contribution in [0.25, 0.3) is 21.8 Å². The highest BCUT2D eigenvalue weighted by Gasteiger charge is 2.32. The molecule has 0 unspecified atom stereocenters. The first kappa shape index (κ1) is 46.7. The zero-order valence-electron chi connectivity index (χ0n) is 39.2. The number of likely N-dealkylation sites (tertiary alicyclic amines) is 2. The van der Waals surface area contributed by atoms with Gasteiger partial charge < -0.3 is 19.3 Å². The summed E-state index contributed by atoms with van der Waals surface area (Å²) in [5.41, 5.74) is 4.90. The van der Waals surface area contributed by atoms with Crippen molar-refractivity contribution in [3.63, 3.8) is 0 Å². The standard InChI is InChI=1S/C27H38N2O3.C26H36N2O3/c1-27(2,3)21-6-9-23(10-7-21)32-24-11-12-25-20(17-24)5-8-22(28-25)18-29-15-13-19(14-16-29)26(30)31-4;1-26(2,3)20-5-8-22(9-6-20)31-23-10-11-24-19(16-23)4-7-21(27-24)17-28-14-12-18(13-15-28)25(29)30/h5,8,11-12,17,19,21,23H,6-7,9-10,13-16,18H2,1-4H3;4,7,10-11,16,18,20,22H,5-6,8-9,12-15,17H2,1-3H3,(H,29,30). The van der Waals surface area contributed by atoms with E-state index in [1.807, 2.05) is 6.07 Å². The number of nitrogens with zero attached hydrogens (tertiary/aromatic N) is 4. The molecule has 4 fully saturated rings. The molecule has 2 aromatic heterocycles. The quantitative estimate of drug-likeness (QED) is 0.155. The van der Waals surface area contributed by atoms with Gasteiger partial charge >= 0.3 is 11.9 Å². The molecule has 0 bridgehead atoms. The Balaban J connectivity index is 0.000000189. The first-order chi connectivity index (χ1) is 30.1. The van der Waals surface area contributed by atoms with Gasteiger partial charge in [0.05, 0.1) is 53.6 Å². The summed E-state index contributed by atoms with van der Waals surface area (Å²) in [7, 11) is 1.47. The van der Waals surface area contributed by atoms with Crippen molar-refractivity contribution in [3.05, 3.63) is 72.1 Å². The number of benzene rings is 2. The number of rotatable bonds is 10.